The van der Waals surface area contributed by atoms with Crippen LogP contribution in [0.4, 0.5) is 0 Å². The van der Waals surface area contributed by atoms with Crippen molar-refractivity contribution in [3.8, 4) is 5.69 Å². The minimum absolute atomic E-state index is 0.533. The monoisotopic (exact) mass is 311 g/mol. The van der Waals surface area contributed by atoms with Crippen LogP contribution >= 0.6 is 23.2 Å². The van der Waals surface area contributed by atoms with E-state index in [9.17, 15) is 0 Å². The number of benzene rings is 1. The molecule has 5 heteroatoms. The van der Waals surface area contributed by atoms with Gasteiger partial charge in [0.05, 0.1) is 16.9 Å². The molecular formula is C15H19Cl2N3. The molecule has 1 heterocycles. The normalized spacial score (nSPS) is 11.2. The lowest BCUT2D eigenvalue weighted by Gasteiger charge is -2.06. The van der Waals surface area contributed by atoms with Crippen LogP contribution in [-0.4, -0.2) is 22.4 Å². The maximum absolute atomic E-state index is 6.18. The quantitative estimate of drug-likeness (QED) is 0.814. The van der Waals surface area contributed by atoms with Gasteiger partial charge in [0.15, 0.2) is 0 Å². The van der Waals surface area contributed by atoms with Crippen molar-refractivity contribution in [3.05, 3.63) is 46.2 Å². The molecule has 0 aliphatic carbocycles. The number of nitrogens with one attached hydrogen (secondary N) is 1. The minimum Gasteiger partial charge on any atom is -0.315 e. The van der Waals surface area contributed by atoms with Gasteiger partial charge in [0.1, 0.15) is 0 Å². The molecule has 108 valence electrons. The van der Waals surface area contributed by atoms with E-state index in [-0.39, 0.29) is 0 Å². The lowest BCUT2D eigenvalue weighted by molar-refractivity contribution is 0.570. The zero-order chi connectivity index (χ0) is 14.5. The summed E-state index contributed by atoms with van der Waals surface area (Å²) in [5.74, 6) is 0. The van der Waals surface area contributed by atoms with Crippen LogP contribution in [0.2, 0.25) is 10.0 Å². The fourth-order valence-electron chi connectivity index (χ4n) is 1.97. The molecule has 0 saturated heterocycles. The first-order valence-corrected chi connectivity index (χ1v) is 7.54. The van der Waals surface area contributed by atoms with E-state index in [1.54, 1.807) is 10.7 Å². The van der Waals surface area contributed by atoms with Crippen molar-refractivity contribution in [3.63, 3.8) is 0 Å². The van der Waals surface area contributed by atoms with Crippen LogP contribution in [0.3, 0.4) is 0 Å². The van der Waals surface area contributed by atoms with Crippen LogP contribution in [0.15, 0.2) is 30.6 Å². The number of aromatic nitrogens is 2. The largest absolute Gasteiger partial charge is 0.315 e. The smallest absolute Gasteiger partial charge is 0.0832 e. The second-order valence-corrected chi connectivity index (χ2v) is 5.94. The Hall–Kier alpha value is -1.03. The van der Waals surface area contributed by atoms with Gasteiger partial charge >= 0.3 is 0 Å². The number of hydrogen-bond donors (Lipinski definition) is 1. The molecule has 1 aromatic heterocycles. The lowest BCUT2D eigenvalue weighted by Crippen LogP contribution is -2.23. The topological polar surface area (TPSA) is 29.9 Å². The molecule has 1 N–H and O–H groups in total. The second kappa shape index (κ2) is 7.11. The van der Waals surface area contributed by atoms with Gasteiger partial charge in [-0.15, -0.1) is 0 Å². The van der Waals surface area contributed by atoms with Crippen molar-refractivity contribution in [2.45, 2.75) is 32.7 Å². The lowest BCUT2D eigenvalue weighted by atomic mass is 10.2. The van der Waals surface area contributed by atoms with Crippen molar-refractivity contribution >= 4 is 23.2 Å². The maximum atomic E-state index is 6.18. The van der Waals surface area contributed by atoms with Crippen molar-refractivity contribution in [2.24, 2.45) is 0 Å². The third-order valence-corrected chi connectivity index (χ3v) is 3.53. The summed E-state index contributed by atoms with van der Waals surface area (Å²) in [4.78, 5) is 0. The van der Waals surface area contributed by atoms with Gasteiger partial charge in [0.25, 0.3) is 0 Å². The van der Waals surface area contributed by atoms with E-state index in [0.29, 0.717) is 16.1 Å². The second-order valence-electron chi connectivity index (χ2n) is 5.10. The SMILES string of the molecule is CC(C)NCCCc1cnn(-c2ccc(Cl)cc2Cl)c1. The van der Waals surface area contributed by atoms with E-state index in [4.69, 9.17) is 23.2 Å². The summed E-state index contributed by atoms with van der Waals surface area (Å²) in [5.41, 5.74) is 2.06. The third kappa shape index (κ3) is 4.23. The predicted molar refractivity (Wildman–Crippen MR) is 85.0 cm³/mol. The molecule has 0 spiro atoms. The highest BCUT2D eigenvalue weighted by atomic mass is 35.5. The van der Waals surface area contributed by atoms with Crippen LogP contribution in [-0.2, 0) is 6.42 Å². The van der Waals surface area contributed by atoms with Gasteiger partial charge in [0, 0.05) is 17.3 Å². The van der Waals surface area contributed by atoms with Crippen molar-refractivity contribution < 1.29 is 0 Å². The Morgan fingerprint density at radius 2 is 2.10 bits per heavy atom. The summed E-state index contributed by atoms with van der Waals surface area (Å²) < 4.78 is 1.80. The van der Waals surface area contributed by atoms with Crippen molar-refractivity contribution in [2.75, 3.05) is 6.54 Å². The molecule has 3 nitrogen and oxygen atoms in total. The fourth-order valence-corrected chi connectivity index (χ4v) is 2.47. The summed E-state index contributed by atoms with van der Waals surface area (Å²) in [5, 5.41) is 9.00. The molecule has 1 aromatic carbocycles. The van der Waals surface area contributed by atoms with Crippen LogP contribution in [0, 0.1) is 0 Å². The Morgan fingerprint density at radius 1 is 1.30 bits per heavy atom. The Bertz CT molecular complexity index is 564. The number of rotatable bonds is 6. The fraction of sp³-hybridized carbons (Fsp3) is 0.400. The van der Waals surface area contributed by atoms with Crippen LogP contribution in [0.5, 0.6) is 0 Å². The van der Waals surface area contributed by atoms with E-state index < -0.39 is 0 Å². The standard InChI is InChI=1S/C15H19Cl2N3/c1-11(2)18-7-3-4-12-9-19-20(10-12)15-6-5-13(16)8-14(15)17/h5-6,8-11,18H,3-4,7H2,1-2H3. The minimum atomic E-state index is 0.533. The molecule has 0 aliphatic heterocycles. The van der Waals surface area contributed by atoms with Gasteiger partial charge in [0.2, 0.25) is 0 Å². The van der Waals surface area contributed by atoms with Crippen LogP contribution in [0.25, 0.3) is 5.69 Å². The summed E-state index contributed by atoms with van der Waals surface area (Å²) in [6.07, 6.45) is 6.01. The first-order chi connectivity index (χ1) is 9.56. The third-order valence-electron chi connectivity index (χ3n) is 2.99. The average molecular weight is 312 g/mol. The number of halogens is 2. The highest BCUT2D eigenvalue weighted by Gasteiger charge is 2.06. The van der Waals surface area contributed by atoms with Gasteiger partial charge in [-0.2, -0.15) is 5.10 Å². The van der Waals surface area contributed by atoms with Gasteiger partial charge in [-0.25, -0.2) is 4.68 Å². The first kappa shape index (κ1) is 15.4. The molecule has 20 heavy (non-hydrogen) atoms. The molecule has 0 aliphatic rings. The molecule has 0 atom stereocenters. The Kier molecular flexibility index (Phi) is 5.46. The Balaban J connectivity index is 1.98. The summed E-state index contributed by atoms with van der Waals surface area (Å²) in [6.45, 7) is 5.33. The average Bonchev–Trinajstić information content (AvgIpc) is 2.83. The predicted octanol–water partition coefficient (Wildman–Crippen LogP) is 4.11. The Labute approximate surface area is 129 Å². The van der Waals surface area contributed by atoms with E-state index in [1.807, 2.05) is 24.5 Å². The molecule has 2 aromatic rings. The molecule has 0 unspecified atom stereocenters. The molecule has 0 fully saturated rings. The van der Waals surface area contributed by atoms with E-state index in [1.165, 1.54) is 5.56 Å². The zero-order valence-corrected chi connectivity index (χ0v) is 13.2. The highest BCUT2D eigenvalue weighted by molar-refractivity contribution is 6.35. The summed E-state index contributed by atoms with van der Waals surface area (Å²) >= 11 is 12.1. The van der Waals surface area contributed by atoms with E-state index in [2.05, 4.69) is 24.3 Å². The maximum Gasteiger partial charge on any atom is 0.0832 e. The number of nitrogens with zero attached hydrogens (tertiary/aromatic N) is 2. The van der Waals surface area contributed by atoms with E-state index >= 15 is 0 Å². The van der Waals surface area contributed by atoms with Crippen LogP contribution < -0.4 is 5.32 Å². The van der Waals surface area contributed by atoms with Gasteiger partial charge in [-0.3, -0.25) is 0 Å². The van der Waals surface area contributed by atoms with E-state index in [0.717, 1.165) is 25.1 Å². The molecule has 0 radical (unpaired) electrons. The first-order valence-electron chi connectivity index (χ1n) is 6.78. The van der Waals surface area contributed by atoms with Gasteiger partial charge < -0.3 is 5.32 Å². The molecule has 0 bridgehead atoms. The zero-order valence-electron chi connectivity index (χ0n) is 11.7. The van der Waals surface area contributed by atoms with Crippen LogP contribution in [0.1, 0.15) is 25.8 Å². The Morgan fingerprint density at radius 3 is 2.80 bits per heavy atom. The number of hydrogen-bond acceptors (Lipinski definition) is 2. The summed E-state index contributed by atoms with van der Waals surface area (Å²) in [6, 6.07) is 5.95. The molecular weight excluding hydrogens is 293 g/mol. The molecule has 0 amide bonds. The van der Waals surface area contributed by atoms with Crippen molar-refractivity contribution in [1.82, 2.24) is 15.1 Å². The number of aryl methyl sites for hydroxylation is 1. The highest BCUT2D eigenvalue weighted by Crippen LogP contribution is 2.24. The van der Waals surface area contributed by atoms with Gasteiger partial charge in [-0.05, 0) is 43.1 Å². The van der Waals surface area contributed by atoms with Gasteiger partial charge in [-0.1, -0.05) is 37.0 Å². The molecule has 0 saturated carbocycles. The summed E-state index contributed by atoms with van der Waals surface area (Å²) in [7, 11) is 0. The molecule has 2 rings (SSSR count). The van der Waals surface area contributed by atoms with Crippen molar-refractivity contribution in [1.29, 1.82) is 0 Å².